The van der Waals surface area contributed by atoms with Gasteiger partial charge in [-0.05, 0) is 29.7 Å². The van der Waals surface area contributed by atoms with Gasteiger partial charge in [-0.1, -0.05) is 18.2 Å². The number of aromatic nitrogens is 1. The number of hydrogen-bond donors (Lipinski definition) is 3. The fourth-order valence-electron chi connectivity index (χ4n) is 2.30. The van der Waals surface area contributed by atoms with E-state index in [9.17, 15) is 9.90 Å². The fraction of sp³-hybridized carbons (Fsp3) is 0.357. The molecule has 0 aliphatic carbocycles. The summed E-state index contributed by atoms with van der Waals surface area (Å²) in [5.74, 6) is 1.07. The molecule has 1 fully saturated rings. The van der Waals surface area contributed by atoms with Gasteiger partial charge in [-0.25, -0.2) is 0 Å². The third kappa shape index (κ3) is 2.48. The van der Waals surface area contributed by atoms with Crippen molar-refractivity contribution in [3.8, 4) is 0 Å². The minimum Gasteiger partial charge on any atom is -0.379 e. The van der Waals surface area contributed by atoms with E-state index in [2.05, 4.69) is 10.3 Å². The van der Waals surface area contributed by atoms with Crippen LogP contribution in [0.5, 0.6) is 0 Å². The Morgan fingerprint density at radius 1 is 1.47 bits per heavy atom. The summed E-state index contributed by atoms with van der Waals surface area (Å²) in [5, 5.41) is 14.1. The van der Waals surface area contributed by atoms with Gasteiger partial charge in [0, 0.05) is 17.0 Å². The Balaban J connectivity index is 1.67. The summed E-state index contributed by atoms with van der Waals surface area (Å²) in [6, 6.07) is 10.00. The predicted octanol–water partition coefficient (Wildman–Crippen LogP) is 1.65. The first kappa shape index (κ1) is 12.6. The highest BCUT2D eigenvalue weighted by molar-refractivity contribution is 7.99. The van der Waals surface area contributed by atoms with Gasteiger partial charge in [0.05, 0.1) is 6.54 Å². The molecular weight excluding hydrogens is 260 g/mol. The highest BCUT2D eigenvalue weighted by Crippen LogP contribution is 2.27. The lowest BCUT2D eigenvalue weighted by Gasteiger charge is -2.19. The Bertz CT molecular complexity index is 569. The number of hydrogen-bond acceptors (Lipinski definition) is 3. The van der Waals surface area contributed by atoms with E-state index in [1.807, 2.05) is 30.3 Å². The Hall–Kier alpha value is -1.46. The van der Waals surface area contributed by atoms with Gasteiger partial charge in [0.15, 0.2) is 5.60 Å². The van der Waals surface area contributed by atoms with E-state index in [0.29, 0.717) is 18.7 Å². The number of para-hydroxylation sites is 1. The first-order chi connectivity index (χ1) is 9.17. The SMILES string of the molecule is O=C(NCc1cc2ccccc2[nH]1)C1(O)CCSC1. The smallest absolute Gasteiger partial charge is 0.253 e. The first-order valence-electron chi connectivity index (χ1n) is 6.32. The van der Waals surface area contributed by atoms with Crippen LogP contribution in [0.1, 0.15) is 12.1 Å². The Labute approximate surface area is 115 Å². The van der Waals surface area contributed by atoms with Crippen LogP contribution >= 0.6 is 11.8 Å². The summed E-state index contributed by atoms with van der Waals surface area (Å²) in [7, 11) is 0. The van der Waals surface area contributed by atoms with Crippen molar-refractivity contribution in [1.82, 2.24) is 10.3 Å². The van der Waals surface area contributed by atoms with Crippen molar-refractivity contribution in [2.24, 2.45) is 0 Å². The van der Waals surface area contributed by atoms with Gasteiger partial charge in [0.25, 0.3) is 5.91 Å². The van der Waals surface area contributed by atoms with Crippen molar-refractivity contribution in [2.75, 3.05) is 11.5 Å². The number of amides is 1. The van der Waals surface area contributed by atoms with E-state index in [4.69, 9.17) is 0 Å². The fourth-order valence-corrected chi connectivity index (χ4v) is 3.54. The lowest BCUT2D eigenvalue weighted by molar-refractivity contribution is -0.137. The monoisotopic (exact) mass is 276 g/mol. The van der Waals surface area contributed by atoms with Crippen LogP contribution < -0.4 is 5.32 Å². The number of carbonyl (C=O) groups is 1. The van der Waals surface area contributed by atoms with Gasteiger partial charge in [0.1, 0.15) is 0 Å². The first-order valence-corrected chi connectivity index (χ1v) is 7.48. The number of H-pyrrole nitrogens is 1. The van der Waals surface area contributed by atoms with Crippen LogP contribution in [0.25, 0.3) is 10.9 Å². The molecule has 2 heterocycles. The molecule has 3 N–H and O–H groups in total. The molecule has 1 unspecified atom stereocenters. The minimum absolute atomic E-state index is 0.267. The third-order valence-corrected chi connectivity index (χ3v) is 4.62. The normalized spacial score (nSPS) is 22.8. The highest BCUT2D eigenvalue weighted by atomic mass is 32.2. The molecule has 1 aliphatic heterocycles. The van der Waals surface area contributed by atoms with Gasteiger partial charge < -0.3 is 15.4 Å². The number of aliphatic hydroxyl groups is 1. The van der Waals surface area contributed by atoms with Crippen LogP contribution in [0.15, 0.2) is 30.3 Å². The lowest BCUT2D eigenvalue weighted by atomic mass is 10.0. The van der Waals surface area contributed by atoms with Crippen LogP contribution in [0.3, 0.4) is 0 Å². The summed E-state index contributed by atoms with van der Waals surface area (Å²) in [5.41, 5.74) is 0.821. The number of carbonyl (C=O) groups excluding carboxylic acids is 1. The van der Waals surface area contributed by atoms with Crippen LogP contribution in [-0.4, -0.2) is 33.1 Å². The maximum absolute atomic E-state index is 12.0. The zero-order chi connectivity index (χ0) is 13.3. The van der Waals surface area contributed by atoms with Gasteiger partial charge >= 0.3 is 0 Å². The van der Waals surface area contributed by atoms with Crippen molar-refractivity contribution in [3.63, 3.8) is 0 Å². The zero-order valence-electron chi connectivity index (χ0n) is 10.5. The molecule has 0 spiro atoms. The second-order valence-corrected chi connectivity index (χ2v) is 6.00. The summed E-state index contributed by atoms with van der Waals surface area (Å²) >= 11 is 1.62. The number of thioether (sulfide) groups is 1. The van der Waals surface area contributed by atoms with Crippen LogP contribution in [0.2, 0.25) is 0 Å². The molecule has 0 radical (unpaired) electrons. The largest absolute Gasteiger partial charge is 0.379 e. The molecule has 1 atom stereocenters. The molecule has 0 bridgehead atoms. The van der Waals surface area contributed by atoms with Crippen molar-refractivity contribution < 1.29 is 9.90 Å². The molecule has 0 saturated carbocycles. The maximum atomic E-state index is 12.0. The quantitative estimate of drug-likeness (QED) is 0.798. The zero-order valence-corrected chi connectivity index (χ0v) is 11.3. The molecular formula is C14H16N2O2S. The van der Waals surface area contributed by atoms with E-state index in [1.54, 1.807) is 11.8 Å². The van der Waals surface area contributed by atoms with Gasteiger partial charge in [0.2, 0.25) is 0 Å². The van der Waals surface area contributed by atoms with Crippen molar-refractivity contribution >= 4 is 28.6 Å². The number of fused-ring (bicyclic) bond motifs is 1. The summed E-state index contributed by atoms with van der Waals surface area (Å²) in [6.07, 6.45) is 0.538. The molecule has 2 aromatic rings. The second kappa shape index (κ2) is 4.90. The number of rotatable bonds is 3. The van der Waals surface area contributed by atoms with Crippen LogP contribution in [-0.2, 0) is 11.3 Å². The Kier molecular flexibility index (Phi) is 3.24. The molecule has 1 aliphatic rings. The Morgan fingerprint density at radius 2 is 2.32 bits per heavy atom. The van der Waals surface area contributed by atoms with Crippen molar-refractivity contribution in [3.05, 3.63) is 36.0 Å². The predicted molar refractivity (Wildman–Crippen MR) is 77.0 cm³/mol. The van der Waals surface area contributed by atoms with Gasteiger partial charge in [-0.3, -0.25) is 4.79 Å². The molecule has 5 heteroatoms. The Morgan fingerprint density at radius 3 is 3.05 bits per heavy atom. The number of nitrogens with one attached hydrogen (secondary N) is 2. The molecule has 19 heavy (non-hydrogen) atoms. The van der Waals surface area contributed by atoms with E-state index >= 15 is 0 Å². The average Bonchev–Trinajstić information content (AvgIpc) is 3.02. The molecule has 4 nitrogen and oxygen atoms in total. The second-order valence-electron chi connectivity index (χ2n) is 4.90. The van der Waals surface area contributed by atoms with E-state index in [-0.39, 0.29) is 5.91 Å². The average molecular weight is 276 g/mol. The molecule has 1 aromatic heterocycles. The van der Waals surface area contributed by atoms with Crippen molar-refractivity contribution in [2.45, 2.75) is 18.6 Å². The van der Waals surface area contributed by atoms with Crippen LogP contribution in [0.4, 0.5) is 0 Å². The molecule has 100 valence electrons. The number of aromatic amines is 1. The van der Waals surface area contributed by atoms with Gasteiger partial charge in [-0.2, -0.15) is 11.8 Å². The molecule has 1 aromatic carbocycles. The minimum atomic E-state index is -1.18. The standard InChI is InChI=1S/C14H16N2O2S/c17-13(14(18)5-6-19-9-14)15-8-11-7-10-3-1-2-4-12(10)16-11/h1-4,7,16,18H,5-6,8-9H2,(H,15,17). The third-order valence-electron chi connectivity index (χ3n) is 3.45. The van der Waals surface area contributed by atoms with Crippen LogP contribution in [0, 0.1) is 0 Å². The lowest BCUT2D eigenvalue weighted by Crippen LogP contribution is -2.46. The van der Waals surface area contributed by atoms with Crippen molar-refractivity contribution in [1.29, 1.82) is 0 Å². The number of benzene rings is 1. The summed E-state index contributed by atoms with van der Waals surface area (Å²) < 4.78 is 0. The van der Waals surface area contributed by atoms with E-state index < -0.39 is 5.60 Å². The van der Waals surface area contributed by atoms with E-state index in [0.717, 1.165) is 22.3 Å². The summed E-state index contributed by atoms with van der Waals surface area (Å²) in [4.78, 5) is 15.2. The highest BCUT2D eigenvalue weighted by Gasteiger charge is 2.39. The summed E-state index contributed by atoms with van der Waals surface area (Å²) in [6.45, 7) is 0.417. The molecule has 3 rings (SSSR count). The molecule has 1 saturated heterocycles. The van der Waals surface area contributed by atoms with Gasteiger partial charge in [-0.15, -0.1) is 0 Å². The molecule has 1 amide bonds. The topological polar surface area (TPSA) is 65.1 Å². The maximum Gasteiger partial charge on any atom is 0.253 e. The van der Waals surface area contributed by atoms with E-state index in [1.165, 1.54) is 0 Å².